The molecule has 0 saturated carbocycles. The zero-order chi connectivity index (χ0) is 29.1. The summed E-state index contributed by atoms with van der Waals surface area (Å²) in [7, 11) is -4.01. The van der Waals surface area contributed by atoms with Crippen LogP contribution in [-0.4, -0.2) is 31.6 Å². The van der Waals surface area contributed by atoms with E-state index in [0.717, 1.165) is 22.0 Å². The number of fused-ring (bicyclic) bond motifs is 3. The van der Waals surface area contributed by atoms with E-state index in [1.807, 2.05) is 19.1 Å². The number of amides is 1. The molecule has 9 heteroatoms. The topological polar surface area (TPSA) is 104 Å². The number of hydrogen-bond acceptors (Lipinski definition) is 6. The average Bonchev–Trinajstić information content (AvgIpc) is 3.54. The maximum absolute atomic E-state index is 13.4. The maximum atomic E-state index is 13.4. The predicted octanol–water partition coefficient (Wildman–Crippen LogP) is 5.64. The van der Waals surface area contributed by atoms with Crippen LogP contribution in [0.1, 0.15) is 42.0 Å². The molecule has 1 aliphatic carbocycles. The number of aromatic nitrogens is 1. The zero-order valence-corrected chi connectivity index (χ0v) is 23.9. The number of hydrogen-bond donors (Lipinski definition) is 2. The van der Waals surface area contributed by atoms with Crippen LogP contribution in [0, 0.1) is 5.92 Å². The number of sulfonamides is 1. The summed E-state index contributed by atoms with van der Waals surface area (Å²) in [6, 6.07) is 28.2. The second-order valence-electron chi connectivity index (χ2n) is 10.5. The van der Waals surface area contributed by atoms with Gasteiger partial charge in [0.15, 0.2) is 0 Å². The molecule has 0 bridgehead atoms. The molecule has 0 spiro atoms. The Hall–Kier alpha value is -4.76. The number of anilines is 2. The van der Waals surface area contributed by atoms with Crippen molar-refractivity contribution in [3.8, 4) is 0 Å². The van der Waals surface area contributed by atoms with Crippen molar-refractivity contribution in [3.05, 3.63) is 132 Å². The lowest BCUT2D eigenvalue weighted by Gasteiger charge is -2.37. The van der Waals surface area contributed by atoms with E-state index < -0.39 is 22.5 Å². The Kier molecular flexibility index (Phi) is 7.58. The van der Waals surface area contributed by atoms with Gasteiger partial charge in [0.2, 0.25) is 0 Å². The number of nitrogens with zero attached hydrogens (tertiary/aromatic N) is 3. The molecule has 0 fully saturated rings. The molecule has 3 atom stereocenters. The summed E-state index contributed by atoms with van der Waals surface area (Å²) in [4.78, 5) is 17.1. The smallest absolute Gasteiger partial charge is 0.264 e. The minimum absolute atomic E-state index is 0.0813. The van der Waals surface area contributed by atoms with Crippen LogP contribution in [0.4, 0.5) is 11.4 Å². The molecule has 212 valence electrons. The molecule has 2 heterocycles. The van der Waals surface area contributed by atoms with Gasteiger partial charge in [-0.05, 0) is 72.4 Å². The number of hydrazone groups is 1. The molecule has 6 rings (SSSR count). The second kappa shape index (κ2) is 11.6. The van der Waals surface area contributed by atoms with E-state index >= 15 is 0 Å². The molecule has 3 aromatic carbocycles. The Bertz CT molecular complexity index is 1740. The first-order chi connectivity index (χ1) is 20.4. The van der Waals surface area contributed by atoms with Crippen LogP contribution < -0.4 is 15.0 Å². The third kappa shape index (κ3) is 5.43. The average molecular weight is 578 g/mol. The summed E-state index contributed by atoms with van der Waals surface area (Å²) in [6.45, 7) is 1.37. The van der Waals surface area contributed by atoms with Gasteiger partial charge in [-0.25, -0.2) is 13.8 Å². The Balaban J connectivity index is 1.21. The van der Waals surface area contributed by atoms with E-state index in [1.165, 1.54) is 29.5 Å². The molecule has 1 aliphatic heterocycles. The van der Waals surface area contributed by atoms with Crippen molar-refractivity contribution < 1.29 is 13.2 Å². The Morgan fingerprint density at radius 2 is 1.79 bits per heavy atom. The van der Waals surface area contributed by atoms with Crippen molar-refractivity contribution in [3.63, 3.8) is 0 Å². The molecule has 2 N–H and O–H groups in total. The Morgan fingerprint density at radius 3 is 2.52 bits per heavy atom. The molecule has 1 aromatic heterocycles. The Morgan fingerprint density at radius 1 is 1.02 bits per heavy atom. The lowest BCUT2D eigenvalue weighted by atomic mass is 9.76. The summed E-state index contributed by atoms with van der Waals surface area (Å²) < 4.78 is 27.9. The fourth-order valence-corrected chi connectivity index (χ4v) is 7.15. The van der Waals surface area contributed by atoms with Gasteiger partial charge < -0.3 is 5.32 Å². The second-order valence-corrected chi connectivity index (χ2v) is 12.3. The molecular weight excluding hydrogens is 546 g/mol. The van der Waals surface area contributed by atoms with Crippen molar-refractivity contribution in [2.45, 2.75) is 30.2 Å². The van der Waals surface area contributed by atoms with Crippen LogP contribution in [0.3, 0.4) is 0 Å². The van der Waals surface area contributed by atoms with Crippen molar-refractivity contribution in [2.75, 3.05) is 16.2 Å². The van der Waals surface area contributed by atoms with Crippen LogP contribution in [-0.2, 0) is 14.8 Å². The lowest BCUT2D eigenvalue weighted by molar-refractivity contribution is -0.119. The van der Waals surface area contributed by atoms with Gasteiger partial charge in [0.25, 0.3) is 15.9 Å². The van der Waals surface area contributed by atoms with Gasteiger partial charge in [-0.3, -0.25) is 14.1 Å². The molecule has 1 amide bonds. The third-order valence-corrected chi connectivity index (χ3v) is 9.63. The van der Waals surface area contributed by atoms with Crippen molar-refractivity contribution in [2.24, 2.45) is 11.0 Å². The molecule has 2 aliphatic rings. The lowest BCUT2D eigenvalue weighted by Crippen LogP contribution is -2.39. The zero-order valence-electron chi connectivity index (χ0n) is 23.1. The SMILES string of the molecule is C/C(=N/NC(=O)CN(c1cccnc1)S(=O)(=O)c1ccccc1)c1ccc2c(c1)[C@H]1C=CC[C@@H]1[C@H](c1ccccc1)N2. The first-order valence-corrected chi connectivity index (χ1v) is 15.3. The molecular formula is C33H31N5O3S. The maximum Gasteiger partial charge on any atom is 0.264 e. The first kappa shape index (κ1) is 27.4. The summed E-state index contributed by atoms with van der Waals surface area (Å²) in [5.41, 5.74) is 7.92. The third-order valence-electron chi connectivity index (χ3n) is 7.84. The van der Waals surface area contributed by atoms with E-state index in [2.05, 4.69) is 69.4 Å². The molecule has 42 heavy (non-hydrogen) atoms. The molecule has 0 saturated heterocycles. The fraction of sp³-hybridized carbons (Fsp3) is 0.182. The van der Waals surface area contributed by atoms with Gasteiger partial charge in [0.1, 0.15) is 6.54 Å². The number of allylic oxidation sites excluding steroid dienone is 2. The number of carbonyl (C=O) groups excluding carboxylic acids is 1. The van der Waals surface area contributed by atoms with Gasteiger partial charge >= 0.3 is 0 Å². The fourth-order valence-electron chi connectivity index (χ4n) is 5.72. The quantitative estimate of drug-likeness (QED) is 0.160. The largest absolute Gasteiger partial charge is 0.378 e. The van der Waals surface area contributed by atoms with Crippen LogP contribution >= 0.6 is 0 Å². The van der Waals surface area contributed by atoms with E-state index in [-0.39, 0.29) is 22.5 Å². The predicted molar refractivity (Wildman–Crippen MR) is 165 cm³/mol. The van der Waals surface area contributed by atoms with Crippen LogP contribution in [0.2, 0.25) is 0 Å². The highest BCUT2D eigenvalue weighted by atomic mass is 32.2. The van der Waals surface area contributed by atoms with Crippen molar-refractivity contribution >= 4 is 33.0 Å². The Labute approximate surface area is 245 Å². The molecule has 4 aromatic rings. The molecule has 0 radical (unpaired) electrons. The van der Waals surface area contributed by atoms with E-state index in [9.17, 15) is 13.2 Å². The standard InChI is InChI=1S/C33H31N5O3S/c1-23(25-17-18-31-30(20-25)28-15-8-16-29(28)33(35-31)24-10-4-2-5-11-24)36-37-32(39)22-38(26-12-9-19-34-21-26)42(40,41)27-13-6-3-7-14-27/h2-15,17-21,28-29,33,35H,16,22H2,1H3,(H,37,39)/b36-23-/t28-,29-,33-/m0/s1. The number of carbonyl (C=O) groups is 1. The number of nitrogens with one attached hydrogen (secondary N) is 2. The van der Waals surface area contributed by atoms with E-state index in [4.69, 9.17) is 0 Å². The molecule has 8 nitrogen and oxygen atoms in total. The van der Waals surface area contributed by atoms with Gasteiger partial charge in [-0.15, -0.1) is 0 Å². The minimum atomic E-state index is -4.01. The number of rotatable bonds is 8. The molecule has 0 unspecified atom stereocenters. The number of pyridine rings is 1. The van der Waals surface area contributed by atoms with Gasteiger partial charge in [0, 0.05) is 17.8 Å². The summed E-state index contributed by atoms with van der Waals surface area (Å²) in [6.07, 6.45) is 8.51. The van der Waals surface area contributed by atoms with Crippen LogP contribution in [0.25, 0.3) is 0 Å². The van der Waals surface area contributed by atoms with Gasteiger partial charge in [0.05, 0.1) is 28.5 Å². The highest BCUT2D eigenvalue weighted by Crippen LogP contribution is 2.49. The normalized spacial score (nSPS) is 19.4. The van der Waals surface area contributed by atoms with Crippen molar-refractivity contribution in [1.82, 2.24) is 10.4 Å². The van der Waals surface area contributed by atoms with Crippen molar-refractivity contribution in [1.29, 1.82) is 0 Å². The van der Waals surface area contributed by atoms with Gasteiger partial charge in [-0.2, -0.15) is 5.10 Å². The minimum Gasteiger partial charge on any atom is -0.378 e. The summed E-state index contributed by atoms with van der Waals surface area (Å²) >= 11 is 0. The first-order valence-electron chi connectivity index (χ1n) is 13.9. The van der Waals surface area contributed by atoms with E-state index in [1.54, 1.807) is 36.5 Å². The monoisotopic (exact) mass is 577 g/mol. The highest BCUT2D eigenvalue weighted by Gasteiger charge is 2.38. The summed E-state index contributed by atoms with van der Waals surface area (Å²) in [5.74, 6) is 0.129. The van der Waals surface area contributed by atoms with Crippen LogP contribution in [0.5, 0.6) is 0 Å². The number of benzene rings is 3. The highest BCUT2D eigenvalue weighted by molar-refractivity contribution is 7.92. The van der Waals surface area contributed by atoms with E-state index in [0.29, 0.717) is 11.6 Å². The van der Waals surface area contributed by atoms with Gasteiger partial charge in [-0.1, -0.05) is 66.7 Å². The van der Waals surface area contributed by atoms with Crippen LogP contribution in [0.15, 0.2) is 126 Å². The summed E-state index contributed by atoms with van der Waals surface area (Å²) in [5, 5.41) is 8.08.